The molecular formula is C21H32N2O2. The van der Waals surface area contributed by atoms with Crippen LogP contribution in [0.25, 0.3) is 0 Å². The predicted molar refractivity (Wildman–Crippen MR) is 101 cm³/mol. The van der Waals surface area contributed by atoms with Crippen molar-refractivity contribution in [1.82, 2.24) is 9.80 Å². The summed E-state index contributed by atoms with van der Waals surface area (Å²) in [7, 11) is 1.69. The van der Waals surface area contributed by atoms with E-state index >= 15 is 0 Å². The first-order valence-corrected chi connectivity index (χ1v) is 9.82. The Kier molecular flexibility index (Phi) is 6.35. The molecule has 0 bridgehead atoms. The van der Waals surface area contributed by atoms with Gasteiger partial charge < -0.3 is 14.5 Å². The van der Waals surface area contributed by atoms with Gasteiger partial charge in [0.25, 0.3) is 0 Å². The number of aryl methyl sites for hydroxylation is 1. The van der Waals surface area contributed by atoms with E-state index in [9.17, 15) is 4.79 Å². The van der Waals surface area contributed by atoms with Gasteiger partial charge in [0.1, 0.15) is 5.75 Å². The van der Waals surface area contributed by atoms with E-state index in [1.807, 2.05) is 19.1 Å². The van der Waals surface area contributed by atoms with Crippen molar-refractivity contribution in [2.45, 2.75) is 57.9 Å². The second-order valence-corrected chi connectivity index (χ2v) is 7.58. The van der Waals surface area contributed by atoms with Gasteiger partial charge in [0.2, 0.25) is 5.91 Å². The number of amides is 1. The highest BCUT2D eigenvalue weighted by Gasteiger charge is 2.28. The van der Waals surface area contributed by atoms with E-state index in [0.29, 0.717) is 12.5 Å². The molecule has 1 aromatic rings. The molecule has 1 amide bonds. The summed E-state index contributed by atoms with van der Waals surface area (Å²) in [5.74, 6) is 1.17. The number of rotatable bonds is 5. The van der Waals surface area contributed by atoms with Gasteiger partial charge in [-0.05, 0) is 69.3 Å². The van der Waals surface area contributed by atoms with Gasteiger partial charge in [-0.2, -0.15) is 0 Å². The monoisotopic (exact) mass is 344 g/mol. The van der Waals surface area contributed by atoms with Gasteiger partial charge in [0.05, 0.1) is 13.5 Å². The number of ether oxygens (including phenoxy) is 1. The van der Waals surface area contributed by atoms with Crippen LogP contribution >= 0.6 is 0 Å². The molecule has 0 aromatic heterocycles. The quantitative estimate of drug-likeness (QED) is 0.820. The van der Waals surface area contributed by atoms with Crippen molar-refractivity contribution in [3.05, 3.63) is 29.3 Å². The van der Waals surface area contributed by atoms with Crippen LogP contribution in [-0.2, 0) is 11.2 Å². The van der Waals surface area contributed by atoms with Gasteiger partial charge in [-0.3, -0.25) is 4.79 Å². The Bertz CT molecular complexity index is 581. The number of carbonyl (C=O) groups is 1. The van der Waals surface area contributed by atoms with Crippen molar-refractivity contribution in [2.75, 3.05) is 33.3 Å². The highest BCUT2D eigenvalue weighted by atomic mass is 16.5. The minimum absolute atomic E-state index is 0.284. The number of hydrogen-bond donors (Lipinski definition) is 0. The normalized spacial score (nSPS) is 22.0. The van der Waals surface area contributed by atoms with Gasteiger partial charge in [-0.1, -0.05) is 18.6 Å². The number of methoxy groups -OCH3 is 1. The van der Waals surface area contributed by atoms with Crippen molar-refractivity contribution in [2.24, 2.45) is 0 Å². The lowest BCUT2D eigenvalue weighted by molar-refractivity contribution is -0.134. The summed E-state index contributed by atoms with van der Waals surface area (Å²) in [6, 6.07) is 6.48. The molecule has 0 radical (unpaired) electrons. The van der Waals surface area contributed by atoms with Crippen LogP contribution in [0.5, 0.6) is 5.75 Å². The molecule has 0 N–H and O–H groups in total. The van der Waals surface area contributed by atoms with Gasteiger partial charge in [0.15, 0.2) is 0 Å². The summed E-state index contributed by atoms with van der Waals surface area (Å²) >= 11 is 0. The highest BCUT2D eigenvalue weighted by molar-refractivity contribution is 5.79. The lowest BCUT2D eigenvalue weighted by atomic mass is 9.99. The van der Waals surface area contributed by atoms with Gasteiger partial charge in [0, 0.05) is 19.1 Å². The molecular weight excluding hydrogens is 312 g/mol. The van der Waals surface area contributed by atoms with Gasteiger partial charge >= 0.3 is 0 Å². The summed E-state index contributed by atoms with van der Waals surface area (Å²) < 4.78 is 5.32. The number of benzene rings is 1. The van der Waals surface area contributed by atoms with Crippen molar-refractivity contribution in [1.29, 1.82) is 0 Å². The van der Waals surface area contributed by atoms with E-state index in [2.05, 4.69) is 15.9 Å². The first-order chi connectivity index (χ1) is 12.2. The van der Waals surface area contributed by atoms with Gasteiger partial charge in [-0.15, -0.1) is 0 Å². The van der Waals surface area contributed by atoms with Crippen molar-refractivity contribution < 1.29 is 9.53 Å². The van der Waals surface area contributed by atoms with Crippen LogP contribution < -0.4 is 4.74 Å². The zero-order chi connectivity index (χ0) is 17.6. The maximum absolute atomic E-state index is 13.0. The Balaban J connectivity index is 1.62. The fraction of sp³-hybridized carbons (Fsp3) is 0.667. The number of piperidine rings is 2. The molecule has 2 aliphatic heterocycles. The Morgan fingerprint density at radius 2 is 1.88 bits per heavy atom. The molecule has 2 fully saturated rings. The molecule has 0 unspecified atom stereocenters. The lowest BCUT2D eigenvalue weighted by Gasteiger charge is -2.40. The molecule has 1 atom stereocenters. The van der Waals surface area contributed by atoms with E-state index in [-0.39, 0.29) is 5.91 Å². The third-order valence-electron chi connectivity index (χ3n) is 5.68. The summed E-state index contributed by atoms with van der Waals surface area (Å²) in [5, 5.41) is 0. The third-order valence-corrected chi connectivity index (χ3v) is 5.68. The van der Waals surface area contributed by atoms with Crippen LogP contribution in [0.1, 0.15) is 49.7 Å². The van der Waals surface area contributed by atoms with E-state index in [0.717, 1.165) is 42.8 Å². The Morgan fingerprint density at radius 3 is 2.60 bits per heavy atom. The minimum Gasteiger partial charge on any atom is -0.496 e. The molecule has 2 saturated heterocycles. The van der Waals surface area contributed by atoms with Crippen LogP contribution in [0.3, 0.4) is 0 Å². The fourth-order valence-corrected chi connectivity index (χ4v) is 4.29. The predicted octanol–water partition coefficient (Wildman–Crippen LogP) is 3.41. The fourth-order valence-electron chi connectivity index (χ4n) is 4.29. The molecule has 4 nitrogen and oxygen atoms in total. The average molecular weight is 344 g/mol. The topological polar surface area (TPSA) is 32.8 Å². The Labute approximate surface area is 152 Å². The van der Waals surface area contributed by atoms with E-state index in [1.165, 1.54) is 38.8 Å². The molecule has 3 rings (SSSR count). The molecule has 2 aliphatic rings. The standard InChI is InChI=1S/C21H32N2O2/c1-17-14-18(9-10-20(17)25-2)15-21(24)23-13-7-4-8-19(23)16-22-11-5-3-6-12-22/h9-10,14,19H,3-8,11-13,15-16H2,1-2H3/t19-/m0/s1. The summed E-state index contributed by atoms with van der Waals surface area (Å²) in [5.41, 5.74) is 2.18. The van der Waals surface area contributed by atoms with E-state index < -0.39 is 0 Å². The van der Waals surface area contributed by atoms with Crippen LogP contribution in [-0.4, -0.2) is 55.0 Å². The minimum atomic E-state index is 0.284. The number of hydrogen-bond acceptors (Lipinski definition) is 3. The van der Waals surface area contributed by atoms with Crippen LogP contribution in [0.4, 0.5) is 0 Å². The molecule has 138 valence electrons. The van der Waals surface area contributed by atoms with Crippen molar-refractivity contribution in [3.63, 3.8) is 0 Å². The second kappa shape index (κ2) is 8.70. The zero-order valence-electron chi connectivity index (χ0n) is 15.8. The maximum Gasteiger partial charge on any atom is 0.227 e. The summed E-state index contributed by atoms with van der Waals surface area (Å²) in [4.78, 5) is 17.7. The van der Waals surface area contributed by atoms with E-state index in [4.69, 9.17) is 4.74 Å². The van der Waals surface area contributed by atoms with Crippen LogP contribution in [0, 0.1) is 6.92 Å². The highest BCUT2D eigenvalue weighted by Crippen LogP contribution is 2.23. The molecule has 2 heterocycles. The molecule has 25 heavy (non-hydrogen) atoms. The molecule has 4 heteroatoms. The first kappa shape index (κ1) is 18.2. The largest absolute Gasteiger partial charge is 0.496 e. The van der Waals surface area contributed by atoms with Crippen LogP contribution in [0.15, 0.2) is 18.2 Å². The van der Waals surface area contributed by atoms with Gasteiger partial charge in [-0.25, -0.2) is 0 Å². The summed E-state index contributed by atoms with van der Waals surface area (Å²) in [6.45, 7) is 6.43. The lowest BCUT2D eigenvalue weighted by Crippen LogP contribution is -2.50. The molecule has 0 spiro atoms. The first-order valence-electron chi connectivity index (χ1n) is 9.82. The Hall–Kier alpha value is -1.55. The SMILES string of the molecule is COc1ccc(CC(=O)N2CCCC[C@H]2CN2CCCCC2)cc1C. The van der Waals surface area contributed by atoms with Crippen LogP contribution in [0.2, 0.25) is 0 Å². The average Bonchev–Trinajstić information content (AvgIpc) is 2.63. The summed E-state index contributed by atoms with van der Waals surface area (Å²) in [6.07, 6.45) is 8.04. The molecule has 0 saturated carbocycles. The Morgan fingerprint density at radius 1 is 1.12 bits per heavy atom. The van der Waals surface area contributed by atoms with E-state index in [1.54, 1.807) is 7.11 Å². The smallest absolute Gasteiger partial charge is 0.227 e. The zero-order valence-corrected chi connectivity index (χ0v) is 15.8. The van der Waals surface area contributed by atoms with Crippen molar-refractivity contribution >= 4 is 5.91 Å². The number of likely N-dealkylation sites (tertiary alicyclic amines) is 2. The number of carbonyl (C=O) groups excluding carboxylic acids is 1. The maximum atomic E-state index is 13.0. The van der Waals surface area contributed by atoms with Crippen molar-refractivity contribution in [3.8, 4) is 5.75 Å². The number of nitrogens with zero attached hydrogens (tertiary/aromatic N) is 2. The molecule has 1 aromatic carbocycles. The molecule has 0 aliphatic carbocycles. The third kappa shape index (κ3) is 4.75. The second-order valence-electron chi connectivity index (χ2n) is 7.58.